The van der Waals surface area contributed by atoms with Gasteiger partial charge in [-0.1, -0.05) is 12.1 Å². The maximum absolute atomic E-state index is 13.1. The summed E-state index contributed by atoms with van der Waals surface area (Å²) in [6.07, 6.45) is 4.01. The first-order valence-electron chi connectivity index (χ1n) is 11.6. The molecule has 0 aliphatic carbocycles. The summed E-state index contributed by atoms with van der Waals surface area (Å²) in [6, 6.07) is 13.1. The minimum absolute atomic E-state index is 0.0346. The Bertz CT molecular complexity index is 1350. The number of H-pyrrole nitrogens is 1. The number of benzene rings is 2. The normalized spacial score (nSPS) is 15.5. The SMILES string of the molecule is Cc1nc([C@@H]2CCCN2C(=O)CCc2nc3ccccc3[nH]2)ncc1C(=O)Nc1ccc(F)cc1. The standard InChI is InChI=1S/C26H25FN6O2/c1-16-19(26(35)30-18-10-8-17(27)9-11-18)15-28-25(29-16)22-7-4-14-33(22)24(34)13-12-23-31-20-5-2-3-6-21(20)32-23/h2-3,5-6,8-11,15,22H,4,7,12-14H2,1H3,(H,30,35)(H,31,32)/t22-/m0/s1. The Labute approximate surface area is 201 Å². The molecule has 1 aliphatic heterocycles. The number of amides is 2. The number of hydrogen-bond donors (Lipinski definition) is 2. The van der Waals surface area contributed by atoms with Crippen LogP contribution in [-0.2, 0) is 11.2 Å². The second-order valence-electron chi connectivity index (χ2n) is 8.63. The molecule has 1 saturated heterocycles. The molecule has 0 saturated carbocycles. The molecule has 2 amide bonds. The average molecular weight is 473 g/mol. The van der Waals surface area contributed by atoms with Crippen LogP contribution in [0.15, 0.2) is 54.7 Å². The van der Waals surface area contributed by atoms with Crippen molar-refractivity contribution in [3.05, 3.63) is 83.5 Å². The molecule has 0 bridgehead atoms. The monoisotopic (exact) mass is 472 g/mol. The summed E-state index contributed by atoms with van der Waals surface area (Å²) in [5.74, 6) is 0.618. The number of para-hydroxylation sites is 2. The van der Waals surface area contributed by atoms with Crippen LogP contribution in [0.25, 0.3) is 11.0 Å². The van der Waals surface area contributed by atoms with Crippen molar-refractivity contribution >= 4 is 28.5 Å². The number of imidazole rings is 1. The highest BCUT2D eigenvalue weighted by Gasteiger charge is 2.32. The third-order valence-electron chi connectivity index (χ3n) is 6.23. The van der Waals surface area contributed by atoms with Gasteiger partial charge in [0.2, 0.25) is 5.91 Å². The Morgan fingerprint density at radius 3 is 2.71 bits per heavy atom. The molecule has 8 nitrogen and oxygen atoms in total. The number of nitrogens with one attached hydrogen (secondary N) is 2. The van der Waals surface area contributed by atoms with Crippen molar-refractivity contribution in [2.45, 2.75) is 38.6 Å². The number of carbonyl (C=O) groups excluding carboxylic acids is 2. The second-order valence-corrected chi connectivity index (χ2v) is 8.63. The molecule has 2 N–H and O–H groups in total. The van der Waals surface area contributed by atoms with Gasteiger partial charge in [0.25, 0.3) is 5.91 Å². The fraction of sp³-hybridized carbons (Fsp3) is 0.269. The zero-order valence-corrected chi connectivity index (χ0v) is 19.3. The summed E-state index contributed by atoms with van der Waals surface area (Å²) < 4.78 is 13.1. The predicted octanol–water partition coefficient (Wildman–Crippen LogP) is 4.35. The van der Waals surface area contributed by atoms with Crippen LogP contribution >= 0.6 is 0 Å². The summed E-state index contributed by atoms with van der Waals surface area (Å²) >= 11 is 0. The molecule has 0 spiro atoms. The number of likely N-dealkylation sites (tertiary alicyclic amines) is 1. The number of aromatic amines is 1. The molecule has 9 heteroatoms. The summed E-state index contributed by atoms with van der Waals surface area (Å²) in [5.41, 5.74) is 3.19. The zero-order valence-electron chi connectivity index (χ0n) is 19.3. The number of nitrogens with zero attached hydrogens (tertiary/aromatic N) is 4. The molecule has 35 heavy (non-hydrogen) atoms. The Hall–Kier alpha value is -4.14. The fourth-order valence-electron chi connectivity index (χ4n) is 4.43. The molecule has 2 aromatic heterocycles. The molecule has 4 aromatic rings. The van der Waals surface area contributed by atoms with E-state index in [1.165, 1.54) is 30.5 Å². The van der Waals surface area contributed by atoms with Gasteiger partial charge in [0.05, 0.1) is 28.3 Å². The number of carbonyl (C=O) groups is 2. The van der Waals surface area contributed by atoms with Gasteiger partial charge in [-0.25, -0.2) is 19.3 Å². The van der Waals surface area contributed by atoms with Gasteiger partial charge in [-0.3, -0.25) is 9.59 Å². The largest absolute Gasteiger partial charge is 0.342 e. The first kappa shape index (κ1) is 22.6. The maximum Gasteiger partial charge on any atom is 0.259 e. The smallest absolute Gasteiger partial charge is 0.259 e. The molecule has 178 valence electrons. The predicted molar refractivity (Wildman–Crippen MR) is 129 cm³/mol. The highest BCUT2D eigenvalue weighted by atomic mass is 19.1. The lowest BCUT2D eigenvalue weighted by atomic mass is 10.1. The number of aryl methyl sites for hydroxylation is 2. The van der Waals surface area contributed by atoms with Crippen molar-refractivity contribution in [3.8, 4) is 0 Å². The number of anilines is 1. The van der Waals surface area contributed by atoms with E-state index < -0.39 is 0 Å². The highest BCUT2D eigenvalue weighted by Crippen LogP contribution is 2.31. The van der Waals surface area contributed by atoms with E-state index in [9.17, 15) is 14.0 Å². The van der Waals surface area contributed by atoms with Crippen LogP contribution in [0.4, 0.5) is 10.1 Å². The fourth-order valence-corrected chi connectivity index (χ4v) is 4.43. The van der Waals surface area contributed by atoms with Crippen LogP contribution in [0, 0.1) is 12.7 Å². The maximum atomic E-state index is 13.1. The van der Waals surface area contributed by atoms with Gasteiger partial charge in [0.1, 0.15) is 11.6 Å². The Morgan fingerprint density at radius 1 is 1.14 bits per heavy atom. The lowest BCUT2D eigenvalue weighted by Gasteiger charge is -2.24. The molecular formula is C26H25FN6O2. The molecule has 0 radical (unpaired) electrons. The average Bonchev–Trinajstić information content (AvgIpc) is 3.51. The first-order valence-corrected chi connectivity index (χ1v) is 11.6. The van der Waals surface area contributed by atoms with Crippen molar-refractivity contribution in [2.24, 2.45) is 0 Å². The van der Waals surface area contributed by atoms with E-state index in [2.05, 4.69) is 25.3 Å². The van der Waals surface area contributed by atoms with Crippen molar-refractivity contribution in [1.29, 1.82) is 0 Å². The summed E-state index contributed by atoms with van der Waals surface area (Å²) in [6.45, 7) is 2.40. The molecule has 2 aromatic carbocycles. The third kappa shape index (κ3) is 4.89. The molecule has 5 rings (SSSR count). The van der Waals surface area contributed by atoms with Gasteiger partial charge in [-0.2, -0.15) is 0 Å². The first-order chi connectivity index (χ1) is 17.0. The number of fused-ring (bicyclic) bond motifs is 1. The highest BCUT2D eigenvalue weighted by molar-refractivity contribution is 6.04. The van der Waals surface area contributed by atoms with Crippen molar-refractivity contribution < 1.29 is 14.0 Å². The van der Waals surface area contributed by atoms with Crippen LogP contribution in [-0.4, -0.2) is 43.2 Å². The molecule has 0 unspecified atom stereocenters. The molecule has 1 atom stereocenters. The van der Waals surface area contributed by atoms with E-state index in [0.29, 0.717) is 42.2 Å². The summed E-state index contributed by atoms with van der Waals surface area (Å²) in [4.78, 5) is 44.3. The van der Waals surface area contributed by atoms with E-state index in [-0.39, 0.29) is 23.7 Å². The van der Waals surface area contributed by atoms with Gasteiger partial charge in [-0.05, 0) is 56.2 Å². The van der Waals surface area contributed by atoms with Gasteiger partial charge in [-0.15, -0.1) is 0 Å². The number of aromatic nitrogens is 4. The number of halogens is 1. The van der Waals surface area contributed by atoms with E-state index >= 15 is 0 Å². The minimum Gasteiger partial charge on any atom is -0.342 e. The molecule has 3 heterocycles. The van der Waals surface area contributed by atoms with Crippen LogP contribution in [0.2, 0.25) is 0 Å². The summed E-state index contributed by atoms with van der Waals surface area (Å²) in [7, 11) is 0. The molecular weight excluding hydrogens is 447 g/mol. The van der Waals surface area contributed by atoms with Crippen LogP contribution in [0.5, 0.6) is 0 Å². The lowest BCUT2D eigenvalue weighted by molar-refractivity contribution is -0.132. The second kappa shape index (κ2) is 9.61. The summed E-state index contributed by atoms with van der Waals surface area (Å²) in [5, 5.41) is 2.73. The van der Waals surface area contributed by atoms with Crippen LogP contribution < -0.4 is 5.32 Å². The Kier molecular flexibility index (Phi) is 6.22. The van der Waals surface area contributed by atoms with Gasteiger partial charge in [0.15, 0.2) is 5.82 Å². The minimum atomic E-state index is -0.375. The van der Waals surface area contributed by atoms with Crippen molar-refractivity contribution in [3.63, 3.8) is 0 Å². The number of rotatable bonds is 6. The van der Waals surface area contributed by atoms with E-state index in [1.807, 2.05) is 29.2 Å². The molecule has 1 fully saturated rings. The number of hydrogen-bond acceptors (Lipinski definition) is 5. The quantitative estimate of drug-likeness (QED) is 0.434. The van der Waals surface area contributed by atoms with Crippen molar-refractivity contribution in [2.75, 3.05) is 11.9 Å². The van der Waals surface area contributed by atoms with Gasteiger partial charge >= 0.3 is 0 Å². The van der Waals surface area contributed by atoms with E-state index in [1.54, 1.807) is 6.92 Å². The van der Waals surface area contributed by atoms with Gasteiger partial charge < -0.3 is 15.2 Å². The zero-order chi connectivity index (χ0) is 24.4. The topological polar surface area (TPSA) is 104 Å². The Balaban J connectivity index is 1.25. The van der Waals surface area contributed by atoms with Gasteiger partial charge in [0, 0.05) is 31.3 Å². The molecule has 1 aliphatic rings. The van der Waals surface area contributed by atoms with Crippen molar-refractivity contribution in [1.82, 2.24) is 24.8 Å². The third-order valence-corrected chi connectivity index (χ3v) is 6.23. The van der Waals surface area contributed by atoms with Crippen LogP contribution in [0.3, 0.4) is 0 Å². The lowest BCUT2D eigenvalue weighted by Crippen LogP contribution is -2.32. The Morgan fingerprint density at radius 2 is 1.94 bits per heavy atom. The van der Waals surface area contributed by atoms with E-state index in [0.717, 1.165) is 29.7 Å². The van der Waals surface area contributed by atoms with E-state index in [4.69, 9.17) is 0 Å². The van der Waals surface area contributed by atoms with Crippen LogP contribution in [0.1, 0.15) is 53.0 Å².